The molecule has 3 aromatic carbocycles. The molecule has 0 aliphatic carbocycles. The molecule has 0 aliphatic heterocycles. The highest BCUT2D eigenvalue weighted by Crippen LogP contribution is 2.18. The van der Waals surface area contributed by atoms with Crippen molar-refractivity contribution in [1.82, 2.24) is 0 Å². The van der Waals surface area contributed by atoms with Gasteiger partial charge >= 0.3 is 0 Å². The highest BCUT2D eigenvalue weighted by Gasteiger charge is 2.04. The zero-order chi connectivity index (χ0) is 22.4. The van der Waals surface area contributed by atoms with E-state index in [0.717, 1.165) is 30.0 Å². The van der Waals surface area contributed by atoms with Crippen LogP contribution in [0.15, 0.2) is 78.9 Å². The van der Waals surface area contributed by atoms with Crippen molar-refractivity contribution < 1.29 is 19.0 Å². The van der Waals surface area contributed by atoms with Crippen LogP contribution in [0.25, 0.3) is 0 Å². The van der Waals surface area contributed by atoms with Crippen LogP contribution in [0.3, 0.4) is 0 Å². The minimum absolute atomic E-state index is 0.141. The minimum Gasteiger partial charge on any atom is -0.494 e. The van der Waals surface area contributed by atoms with Crippen LogP contribution in [0.5, 0.6) is 17.2 Å². The Morgan fingerprint density at radius 1 is 0.719 bits per heavy atom. The molecule has 0 fully saturated rings. The molecule has 168 valence electrons. The second kappa shape index (κ2) is 12.9. The Morgan fingerprint density at radius 3 is 2.12 bits per heavy atom. The molecular weight excluding hydrogens is 404 g/mol. The first-order valence-corrected chi connectivity index (χ1v) is 10.9. The molecule has 6 nitrogen and oxygen atoms in total. The van der Waals surface area contributed by atoms with E-state index in [1.165, 1.54) is 0 Å². The van der Waals surface area contributed by atoms with E-state index in [2.05, 4.69) is 17.6 Å². The van der Waals surface area contributed by atoms with Gasteiger partial charge in [-0.1, -0.05) is 37.6 Å². The molecule has 0 spiro atoms. The van der Waals surface area contributed by atoms with Gasteiger partial charge in [0.05, 0.1) is 13.2 Å². The van der Waals surface area contributed by atoms with Gasteiger partial charge in [-0.3, -0.25) is 4.79 Å². The fourth-order valence-electron chi connectivity index (χ4n) is 2.89. The number of para-hydroxylation sites is 1. The normalized spacial score (nSPS) is 10.3. The van der Waals surface area contributed by atoms with Gasteiger partial charge in [0.1, 0.15) is 30.5 Å². The lowest BCUT2D eigenvalue weighted by molar-refractivity contribution is -0.114. The van der Waals surface area contributed by atoms with Crippen molar-refractivity contribution in [3.63, 3.8) is 0 Å². The summed E-state index contributed by atoms with van der Waals surface area (Å²) in [5.41, 5.74) is 1.54. The van der Waals surface area contributed by atoms with Crippen molar-refractivity contribution in [3.05, 3.63) is 78.9 Å². The van der Waals surface area contributed by atoms with Crippen LogP contribution in [0.4, 0.5) is 11.4 Å². The van der Waals surface area contributed by atoms with Gasteiger partial charge in [0.2, 0.25) is 5.91 Å². The summed E-state index contributed by atoms with van der Waals surface area (Å²) in [6.45, 7) is 3.85. The van der Waals surface area contributed by atoms with Crippen molar-refractivity contribution in [2.45, 2.75) is 19.8 Å². The van der Waals surface area contributed by atoms with Crippen molar-refractivity contribution in [2.75, 3.05) is 37.0 Å². The average Bonchev–Trinajstić information content (AvgIpc) is 2.82. The number of benzene rings is 3. The Hall–Kier alpha value is -3.67. The fourth-order valence-corrected chi connectivity index (χ4v) is 2.89. The van der Waals surface area contributed by atoms with Crippen LogP contribution in [-0.2, 0) is 4.79 Å². The summed E-state index contributed by atoms with van der Waals surface area (Å²) in [5.74, 6) is 2.17. The molecular formula is C26H30N2O4. The molecule has 0 saturated carbocycles. The molecule has 3 aromatic rings. The Bertz CT molecular complexity index is 946. The van der Waals surface area contributed by atoms with E-state index < -0.39 is 0 Å². The average molecular weight is 435 g/mol. The maximum atomic E-state index is 12.3. The number of unbranched alkanes of at least 4 members (excludes halogenated alkanes) is 1. The quantitative estimate of drug-likeness (QED) is 0.354. The van der Waals surface area contributed by atoms with Gasteiger partial charge in [0, 0.05) is 17.4 Å². The lowest BCUT2D eigenvalue weighted by atomic mass is 10.3. The van der Waals surface area contributed by atoms with E-state index >= 15 is 0 Å². The van der Waals surface area contributed by atoms with Crippen LogP contribution in [0, 0.1) is 0 Å². The number of amides is 1. The molecule has 0 atom stereocenters. The summed E-state index contributed by atoms with van der Waals surface area (Å²) >= 11 is 0. The Kier molecular flexibility index (Phi) is 9.27. The second-order valence-corrected chi connectivity index (χ2v) is 7.17. The highest BCUT2D eigenvalue weighted by molar-refractivity contribution is 5.93. The van der Waals surface area contributed by atoms with Crippen LogP contribution in [0.2, 0.25) is 0 Å². The molecule has 6 heteroatoms. The SMILES string of the molecule is CCCCOc1ccc(NCC(=O)Nc2cccc(OCCOc3ccccc3)c2)cc1. The number of rotatable bonds is 13. The minimum atomic E-state index is -0.141. The summed E-state index contributed by atoms with van der Waals surface area (Å²) in [6, 6.07) is 24.5. The molecule has 0 heterocycles. The van der Waals surface area contributed by atoms with Crippen molar-refractivity contribution in [1.29, 1.82) is 0 Å². The zero-order valence-electron chi connectivity index (χ0n) is 18.4. The molecule has 0 unspecified atom stereocenters. The summed E-state index contributed by atoms with van der Waals surface area (Å²) in [6.07, 6.45) is 2.14. The van der Waals surface area contributed by atoms with Gasteiger partial charge in [-0.25, -0.2) is 0 Å². The molecule has 32 heavy (non-hydrogen) atoms. The second-order valence-electron chi connectivity index (χ2n) is 7.17. The first-order chi connectivity index (χ1) is 15.7. The third kappa shape index (κ3) is 8.22. The predicted octanol–water partition coefficient (Wildman–Crippen LogP) is 5.37. The largest absolute Gasteiger partial charge is 0.494 e. The number of ether oxygens (including phenoxy) is 3. The van der Waals surface area contributed by atoms with E-state index in [-0.39, 0.29) is 12.5 Å². The Labute approximate surface area is 189 Å². The lowest BCUT2D eigenvalue weighted by Crippen LogP contribution is -2.21. The molecule has 0 bridgehead atoms. The van der Waals surface area contributed by atoms with E-state index in [9.17, 15) is 4.79 Å². The van der Waals surface area contributed by atoms with Crippen molar-refractivity contribution in [3.8, 4) is 17.2 Å². The van der Waals surface area contributed by atoms with Crippen molar-refractivity contribution >= 4 is 17.3 Å². The van der Waals surface area contributed by atoms with Gasteiger partial charge in [-0.15, -0.1) is 0 Å². The summed E-state index contributed by atoms with van der Waals surface area (Å²) in [4.78, 5) is 12.3. The van der Waals surface area contributed by atoms with Gasteiger partial charge in [-0.05, 0) is 55.0 Å². The molecule has 1 amide bonds. The van der Waals surface area contributed by atoms with Crippen LogP contribution < -0.4 is 24.8 Å². The number of hydrogen-bond donors (Lipinski definition) is 2. The van der Waals surface area contributed by atoms with E-state index in [1.54, 1.807) is 6.07 Å². The summed E-state index contributed by atoms with van der Waals surface area (Å²) < 4.78 is 17.0. The number of carbonyl (C=O) groups excluding carboxylic acids is 1. The molecule has 3 rings (SSSR count). The van der Waals surface area contributed by atoms with Crippen LogP contribution >= 0.6 is 0 Å². The molecule has 0 radical (unpaired) electrons. The smallest absolute Gasteiger partial charge is 0.243 e. The van der Waals surface area contributed by atoms with E-state index in [4.69, 9.17) is 14.2 Å². The molecule has 0 aliphatic rings. The predicted molar refractivity (Wildman–Crippen MR) is 128 cm³/mol. The Morgan fingerprint density at radius 2 is 1.38 bits per heavy atom. The monoisotopic (exact) mass is 434 g/mol. The van der Waals surface area contributed by atoms with Gasteiger partial charge in [0.15, 0.2) is 0 Å². The summed E-state index contributed by atoms with van der Waals surface area (Å²) in [5, 5.41) is 5.99. The highest BCUT2D eigenvalue weighted by atomic mass is 16.5. The van der Waals surface area contributed by atoms with E-state index in [1.807, 2.05) is 72.8 Å². The molecule has 2 N–H and O–H groups in total. The third-order valence-corrected chi connectivity index (χ3v) is 4.56. The van der Waals surface area contributed by atoms with Crippen LogP contribution in [-0.4, -0.2) is 32.3 Å². The number of carbonyl (C=O) groups is 1. The topological polar surface area (TPSA) is 68.8 Å². The number of nitrogens with one attached hydrogen (secondary N) is 2. The molecule has 0 aromatic heterocycles. The number of anilines is 2. The van der Waals surface area contributed by atoms with Crippen LogP contribution in [0.1, 0.15) is 19.8 Å². The maximum absolute atomic E-state index is 12.3. The first kappa shape index (κ1) is 23.0. The van der Waals surface area contributed by atoms with Gasteiger partial charge in [-0.2, -0.15) is 0 Å². The number of hydrogen-bond acceptors (Lipinski definition) is 5. The molecule has 0 saturated heterocycles. The third-order valence-electron chi connectivity index (χ3n) is 4.56. The van der Waals surface area contributed by atoms with E-state index in [0.29, 0.717) is 31.3 Å². The zero-order valence-corrected chi connectivity index (χ0v) is 18.4. The van der Waals surface area contributed by atoms with Crippen molar-refractivity contribution in [2.24, 2.45) is 0 Å². The first-order valence-electron chi connectivity index (χ1n) is 10.9. The lowest BCUT2D eigenvalue weighted by Gasteiger charge is -2.11. The maximum Gasteiger partial charge on any atom is 0.243 e. The fraction of sp³-hybridized carbons (Fsp3) is 0.269. The Balaban J connectivity index is 1.38. The van der Waals surface area contributed by atoms with Gasteiger partial charge < -0.3 is 24.8 Å². The summed E-state index contributed by atoms with van der Waals surface area (Å²) in [7, 11) is 0. The standard InChI is InChI=1S/C26H30N2O4/c1-2-3-16-30-24-14-12-21(13-15-24)27-20-26(29)28-22-8-7-11-25(19-22)32-18-17-31-23-9-5-4-6-10-23/h4-15,19,27H,2-3,16-18,20H2,1H3,(H,28,29). The van der Waals surface area contributed by atoms with Gasteiger partial charge in [0.25, 0.3) is 0 Å².